The van der Waals surface area contributed by atoms with Gasteiger partial charge in [-0.25, -0.2) is 14.5 Å². The van der Waals surface area contributed by atoms with Crippen LogP contribution in [0, 0.1) is 6.92 Å². The van der Waals surface area contributed by atoms with E-state index in [-0.39, 0.29) is 17.1 Å². The smallest absolute Gasteiger partial charge is 0.339 e. The summed E-state index contributed by atoms with van der Waals surface area (Å²) < 4.78 is 1.38. The van der Waals surface area contributed by atoms with Gasteiger partial charge in [0.1, 0.15) is 5.56 Å². The maximum atomic E-state index is 11.4. The van der Waals surface area contributed by atoms with Gasteiger partial charge in [0.15, 0.2) is 0 Å². The number of aryl methyl sites for hydroxylation is 1. The molecule has 0 fully saturated rings. The summed E-state index contributed by atoms with van der Waals surface area (Å²) in [6.07, 6.45) is 2.58. The van der Waals surface area contributed by atoms with E-state index in [2.05, 4.69) is 15.1 Å². The predicted octanol–water partition coefficient (Wildman–Crippen LogP) is 0.915. The minimum atomic E-state index is -1.04. The summed E-state index contributed by atoms with van der Waals surface area (Å²) in [7, 11) is 0. The van der Waals surface area contributed by atoms with Crippen LogP contribution in [0.4, 0.5) is 0 Å². The van der Waals surface area contributed by atoms with E-state index in [9.17, 15) is 9.59 Å². The fourth-order valence-corrected chi connectivity index (χ4v) is 1.88. The lowest BCUT2D eigenvalue weighted by atomic mass is 10.1. The largest absolute Gasteiger partial charge is 0.478 e. The van der Waals surface area contributed by atoms with E-state index in [1.807, 2.05) is 6.92 Å². The maximum Gasteiger partial charge on any atom is 0.339 e. The number of aromatic carboxylic acids is 1. The number of carboxylic acids is 1. The Bertz CT molecular complexity index is 672. The summed E-state index contributed by atoms with van der Waals surface area (Å²) in [5, 5.41) is 13.1. The van der Waals surface area contributed by atoms with Crippen LogP contribution in [-0.4, -0.2) is 30.8 Å². The summed E-state index contributed by atoms with van der Waals surface area (Å²) >= 11 is 0. The van der Waals surface area contributed by atoms with Gasteiger partial charge in [-0.3, -0.25) is 9.78 Å². The molecule has 2 aromatic heterocycles. The minimum absolute atomic E-state index is 0.131. The number of hydrogen-bond donors (Lipinski definition) is 2. The third kappa shape index (κ3) is 2.54. The molecule has 2 N–H and O–H groups in total. The first-order valence-corrected chi connectivity index (χ1v) is 5.91. The second-order valence-electron chi connectivity index (χ2n) is 4.18. The Hall–Kier alpha value is -2.44. The second-order valence-corrected chi connectivity index (χ2v) is 4.18. The minimum Gasteiger partial charge on any atom is -0.478 e. The number of rotatable bonds is 4. The molecule has 0 aromatic carbocycles. The second kappa shape index (κ2) is 5.05. The lowest BCUT2D eigenvalue weighted by Crippen LogP contribution is -2.16. The van der Waals surface area contributed by atoms with Gasteiger partial charge in [0.05, 0.1) is 11.9 Å². The van der Waals surface area contributed by atoms with E-state index in [0.717, 1.165) is 6.42 Å². The molecule has 7 nitrogen and oxygen atoms in total. The average molecular weight is 262 g/mol. The molecule has 0 atom stereocenters. The van der Waals surface area contributed by atoms with Gasteiger partial charge in [-0.15, -0.1) is 0 Å². The Kier molecular flexibility index (Phi) is 3.46. The van der Waals surface area contributed by atoms with E-state index >= 15 is 0 Å². The van der Waals surface area contributed by atoms with Crippen molar-refractivity contribution in [1.29, 1.82) is 0 Å². The van der Waals surface area contributed by atoms with E-state index in [0.29, 0.717) is 17.8 Å². The summed E-state index contributed by atoms with van der Waals surface area (Å²) in [6.45, 7) is 3.63. The summed E-state index contributed by atoms with van der Waals surface area (Å²) in [5.41, 5.74) is 0.917. The van der Waals surface area contributed by atoms with Crippen LogP contribution >= 0.6 is 0 Å². The van der Waals surface area contributed by atoms with Gasteiger partial charge in [-0.1, -0.05) is 13.3 Å². The molecule has 19 heavy (non-hydrogen) atoms. The highest BCUT2D eigenvalue weighted by Gasteiger charge is 2.18. The van der Waals surface area contributed by atoms with E-state index in [1.165, 1.54) is 16.9 Å². The number of carbonyl (C=O) groups is 1. The van der Waals surface area contributed by atoms with Crippen molar-refractivity contribution in [1.82, 2.24) is 19.7 Å². The molecule has 0 aliphatic heterocycles. The molecule has 0 spiro atoms. The molecular weight excluding hydrogens is 248 g/mol. The number of carboxylic acid groups (broad SMARTS) is 1. The lowest BCUT2D eigenvalue weighted by Gasteiger charge is -2.06. The topological polar surface area (TPSA) is 101 Å². The monoisotopic (exact) mass is 262 g/mol. The van der Waals surface area contributed by atoms with Crippen LogP contribution < -0.4 is 5.56 Å². The third-order valence-electron chi connectivity index (χ3n) is 2.64. The molecule has 2 rings (SSSR count). The van der Waals surface area contributed by atoms with Crippen molar-refractivity contribution in [2.24, 2.45) is 0 Å². The number of aromatic nitrogens is 4. The van der Waals surface area contributed by atoms with Gasteiger partial charge in [0.25, 0.3) is 5.56 Å². The number of aromatic amines is 1. The van der Waals surface area contributed by atoms with Crippen molar-refractivity contribution in [2.75, 3.05) is 0 Å². The van der Waals surface area contributed by atoms with Crippen LogP contribution in [-0.2, 0) is 6.42 Å². The number of nitrogens with one attached hydrogen (secondary N) is 1. The van der Waals surface area contributed by atoms with Crippen molar-refractivity contribution in [3.8, 4) is 5.95 Å². The number of H-pyrrole nitrogens is 1. The van der Waals surface area contributed by atoms with Gasteiger partial charge in [0, 0.05) is 11.8 Å². The van der Waals surface area contributed by atoms with Crippen LogP contribution in [0.2, 0.25) is 0 Å². The molecular formula is C12H14N4O3. The molecule has 0 aliphatic carbocycles. The molecule has 0 aliphatic rings. The van der Waals surface area contributed by atoms with Crippen LogP contribution in [0.1, 0.15) is 35.1 Å². The first-order chi connectivity index (χ1) is 9.02. The quantitative estimate of drug-likeness (QED) is 0.853. The van der Waals surface area contributed by atoms with Crippen molar-refractivity contribution >= 4 is 5.97 Å². The van der Waals surface area contributed by atoms with E-state index in [1.54, 1.807) is 6.92 Å². The van der Waals surface area contributed by atoms with Gasteiger partial charge in [0.2, 0.25) is 5.95 Å². The highest BCUT2D eigenvalue weighted by Crippen LogP contribution is 2.14. The van der Waals surface area contributed by atoms with Crippen molar-refractivity contribution in [3.63, 3.8) is 0 Å². The van der Waals surface area contributed by atoms with Gasteiger partial charge < -0.3 is 5.11 Å². The van der Waals surface area contributed by atoms with Crippen molar-refractivity contribution in [2.45, 2.75) is 26.7 Å². The highest BCUT2D eigenvalue weighted by molar-refractivity contribution is 5.88. The lowest BCUT2D eigenvalue weighted by molar-refractivity contribution is 0.0695. The molecule has 100 valence electrons. The van der Waals surface area contributed by atoms with Gasteiger partial charge in [-0.05, 0) is 13.3 Å². The SMILES string of the molecule is CCCc1c(C(=O)O)cnn1-c1nc(C)cc(=O)[nH]1. The van der Waals surface area contributed by atoms with Crippen molar-refractivity contribution < 1.29 is 9.90 Å². The fraction of sp³-hybridized carbons (Fsp3) is 0.333. The van der Waals surface area contributed by atoms with Gasteiger partial charge >= 0.3 is 5.97 Å². The van der Waals surface area contributed by atoms with Crippen LogP contribution in [0.25, 0.3) is 5.95 Å². The number of nitrogens with zero attached hydrogens (tertiary/aromatic N) is 3. The first-order valence-electron chi connectivity index (χ1n) is 5.91. The van der Waals surface area contributed by atoms with Crippen LogP contribution in [0.3, 0.4) is 0 Å². The molecule has 0 saturated carbocycles. The zero-order valence-corrected chi connectivity index (χ0v) is 10.7. The normalized spacial score (nSPS) is 10.6. The molecule has 2 aromatic rings. The summed E-state index contributed by atoms with van der Waals surface area (Å²) in [4.78, 5) is 29.3. The molecule has 0 amide bonds. The Morgan fingerprint density at radius 3 is 2.84 bits per heavy atom. The molecule has 0 bridgehead atoms. The standard InChI is InChI=1S/C12H14N4O3/c1-3-4-9-8(11(18)19)6-13-16(9)12-14-7(2)5-10(17)15-12/h5-6H,3-4H2,1-2H3,(H,18,19)(H,14,15,17). The maximum absolute atomic E-state index is 11.4. The zero-order valence-electron chi connectivity index (χ0n) is 10.7. The van der Waals surface area contributed by atoms with E-state index < -0.39 is 5.97 Å². The molecule has 0 radical (unpaired) electrons. The Morgan fingerprint density at radius 1 is 1.53 bits per heavy atom. The third-order valence-corrected chi connectivity index (χ3v) is 2.64. The Labute approximate surface area is 108 Å². The Morgan fingerprint density at radius 2 is 2.26 bits per heavy atom. The van der Waals surface area contributed by atoms with E-state index in [4.69, 9.17) is 5.11 Å². The predicted molar refractivity (Wildman–Crippen MR) is 67.7 cm³/mol. The summed E-state index contributed by atoms with van der Waals surface area (Å²) in [6, 6.07) is 1.37. The molecule has 0 saturated heterocycles. The Balaban J connectivity index is 2.61. The highest BCUT2D eigenvalue weighted by atomic mass is 16.4. The van der Waals surface area contributed by atoms with Crippen LogP contribution in [0.15, 0.2) is 17.1 Å². The van der Waals surface area contributed by atoms with Crippen LogP contribution in [0.5, 0.6) is 0 Å². The first kappa shape index (κ1) is 13.0. The molecule has 0 unspecified atom stereocenters. The zero-order chi connectivity index (χ0) is 14.0. The van der Waals surface area contributed by atoms with Crippen molar-refractivity contribution in [3.05, 3.63) is 39.6 Å². The summed E-state index contributed by atoms with van der Waals surface area (Å²) in [5.74, 6) is -0.800. The number of hydrogen-bond acceptors (Lipinski definition) is 4. The van der Waals surface area contributed by atoms with Gasteiger partial charge in [-0.2, -0.15) is 5.10 Å². The average Bonchev–Trinajstić information content (AvgIpc) is 2.72. The fourth-order valence-electron chi connectivity index (χ4n) is 1.88. The molecule has 7 heteroatoms. The molecule has 2 heterocycles.